The summed E-state index contributed by atoms with van der Waals surface area (Å²) in [5.74, 6) is -0.246. The molecule has 122 valence electrons. The summed E-state index contributed by atoms with van der Waals surface area (Å²) in [4.78, 5) is 9.53. The molecule has 1 aromatic carbocycles. The van der Waals surface area contributed by atoms with Crippen molar-refractivity contribution in [3.05, 3.63) is 46.7 Å². The number of hydrogen-bond acceptors (Lipinski definition) is 6. The number of phenolic OH excluding ortho intramolecular Hbond substituents is 1. The lowest BCUT2D eigenvalue weighted by Gasteiger charge is -2.18. The molecule has 0 fully saturated rings. The lowest BCUT2D eigenvalue weighted by molar-refractivity contribution is 0.00109. The number of nitrogens with two attached hydrogens (primary N) is 1. The Morgan fingerprint density at radius 2 is 1.96 bits per heavy atom. The number of halogens is 1. The Morgan fingerprint density at radius 1 is 1.26 bits per heavy atom. The van der Waals surface area contributed by atoms with Crippen LogP contribution in [0.4, 0.5) is 5.69 Å². The van der Waals surface area contributed by atoms with Crippen LogP contribution in [0.5, 0.6) is 11.5 Å². The highest BCUT2D eigenvalue weighted by Gasteiger charge is 2.21. The quantitative estimate of drug-likeness (QED) is 0.454. The molecule has 0 aliphatic carbocycles. The molecule has 1 aromatic heterocycles. The van der Waals surface area contributed by atoms with Gasteiger partial charge in [-0.05, 0) is 39.0 Å². The van der Waals surface area contributed by atoms with Crippen LogP contribution in [-0.2, 0) is 4.84 Å². The Bertz CT molecular complexity index is 755. The predicted octanol–water partition coefficient (Wildman–Crippen LogP) is 3.30. The number of aromatic hydroxyl groups is 2. The fourth-order valence-electron chi connectivity index (χ4n) is 1.75. The van der Waals surface area contributed by atoms with Crippen LogP contribution in [0, 0.1) is 0 Å². The van der Waals surface area contributed by atoms with Gasteiger partial charge in [-0.3, -0.25) is 4.98 Å². The summed E-state index contributed by atoms with van der Waals surface area (Å²) in [6.07, 6.45) is 1.50. The standard InChI is InChI=1S/C16H18ClN3O3/c1-16(2,3)23-20-14(15-12(21)5-4-6-19-15)9-7-10(17)11(18)8-13(9)22/h4-8,21-22H,18H2,1-3H3/b20-14-. The van der Waals surface area contributed by atoms with Crippen molar-refractivity contribution >= 4 is 23.0 Å². The summed E-state index contributed by atoms with van der Waals surface area (Å²) < 4.78 is 0. The summed E-state index contributed by atoms with van der Waals surface area (Å²) in [6.45, 7) is 5.46. The molecule has 0 aliphatic heterocycles. The molecular formula is C16H18ClN3O3. The molecule has 23 heavy (non-hydrogen) atoms. The van der Waals surface area contributed by atoms with E-state index in [1.807, 2.05) is 20.8 Å². The molecule has 4 N–H and O–H groups in total. The van der Waals surface area contributed by atoms with Gasteiger partial charge in [0.1, 0.15) is 28.5 Å². The lowest BCUT2D eigenvalue weighted by atomic mass is 10.0. The maximum Gasteiger partial charge on any atom is 0.143 e. The summed E-state index contributed by atoms with van der Waals surface area (Å²) >= 11 is 6.03. The lowest BCUT2D eigenvalue weighted by Crippen LogP contribution is -2.18. The summed E-state index contributed by atoms with van der Waals surface area (Å²) in [7, 11) is 0. The van der Waals surface area contributed by atoms with Gasteiger partial charge in [-0.15, -0.1) is 0 Å². The van der Waals surface area contributed by atoms with Crippen LogP contribution >= 0.6 is 11.6 Å². The largest absolute Gasteiger partial charge is 0.507 e. The molecule has 0 spiro atoms. The van der Waals surface area contributed by atoms with Gasteiger partial charge in [-0.2, -0.15) is 0 Å². The minimum atomic E-state index is -0.567. The van der Waals surface area contributed by atoms with Gasteiger partial charge in [0.15, 0.2) is 0 Å². The predicted molar refractivity (Wildman–Crippen MR) is 89.9 cm³/mol. The Balaban J connectivity index is 2.64. The minimum Gasteiger partial charge on any atom is -0.507 e. The molecule has 2 rings (SSSR count). The summed E-state index contributed by atoms with van der Waals surface area (Å²) in [5, 5.41) is 24.5. The number of benzene rings is 1. The maximum atomic E-state index is 10.2. The Hall–Kier alpha value is -2.47. The summed E-state index contributed by atoms with van der Waals surface area (Å²) in [5.41, 5.74) is 5.90. The summed E-state index contributed by atoms with van der Waals surface area (Å²) in [6, 6.07) is 5.80. The molecule has 0 radical (unpaired) electrons. The average Bonchev–Trinajstić information content (AvgIpc) is 2.45. The third-order valence-electron chi connectivity index (χ3n) is 2.79. The van der Waals surface area contributed by atoms with E-state index >= 15 is 0 Å². The molecule has 7 heteroatoms. The highest BCUT2D eigenvalue weighted by molar-refractivity contribution is 6.34. The Kier molecular flexibility index (Phi) is 4.65. The first-order valence-corrected chi connectivity index (χ1v) is 7.25. The number of nitrogen functional groups attached to an aromatic ring is 1. The smallest absolute Gasteiger partial charge is 0.143 e. The van der Waals surface area contributed by atoms with Gasteiger partial charge in [-0.25, -0.2) is 0 Å². The van der Waals surface area contributed by atoms with Crippen molar-refractivity contribution in [1.29, 1.82) is 0 Å². The van der Waals surface area contributed by atoms with E-state index in [2.05, 4.69) is 10.1 Å². The van der Waals surface area contributed by atoms with Crippen molar-refractivity contribution in [1.82, 2.24) is 4.98 Å². The molecule has 0 saturated heterocycles. The van der Waals surface area contributed by atoms with Crippen molar-refractivity contribution in [2.24, 2.45) is 5.16 Å². The number of aromatic nitrogens is 1. The highest BCUT2D eigenvalue weighted by atomic mass is 35.5. The fraction of sp³-hybridized carbons (Fsp3) is 0.250. The molecule has 2 aromatic rings. The van der Waals surface area contributed by atoms with Gasteiger partial charge in [0.2, 0.25) is 0 Å². The van der Waals surface area contributed by atoms with Crippen LogP contribution in [0.25, 0.3) is 0 Å². The fourth-order valence-corrected chi connectivity index (χ4v) is 1.91. The van der Waals surface area contributed by atoms with Crippen LogP contribution in [0.3, 0.4) is 0 Å². The van der Waals surface area contributed by atoms with Crippen molar-refractivity contribution in [2.75, 3.05) is 5.73 Å². The first-order chi connectivity index (χ1) is 10.7. The van der Waals surface area contributed by atoms with Gasteiger partial charge in [0.25, 0.3) is 0 Å². The number of phenols is 1. The van der Waals surface area contributed by atoms with E-state index in [1.165, 1.54) is 24.4 Å². The molecular weight excluding hydrogens is 318 g/mol. The second-order valence-corrected chi connectivity index (χ2v) is 6.31. The van der Waals surface area contributed by atoms with E-state index in [4.69, 9.17) is 22.2 Å². The van der Waals surface area contributed by atoms with Crippen molar-refractivity contribution in [3.8, 4) is 11.5 Å². The number of rotatable bonds is 3. The monoisotopic (exact) mass is 335 g/mol. The number of hydrogen-bond donors (Lipinski definition) is 3. The molecule has 0 amide bonds. The zero-order valence-electron chi connectivity index (χ0n) is 13.0. The van der Waals surface area contributed by atoms with Crippen molar-refractivity contribution in [3.63, 3.8) is 0 Å². The zero-order valence-corrected chi connectivity index (χ0v) is 13.8. The van der Waals surface area contributed by atoms with Crippen LogP contribution < -0.4 is 5.73 Å². The van der Waals surface area contributed by atoms with E-state index in [9.17, 15) is 10.2 Å². The Morgan fingerprint density at radius 3 is 2.57 bits per heavy atom. The van der Waals surface area contributed by atoms with E-state index in [0.717, 1.165) is 0 Å². The molecule has 0 saturated carbocycles. The van der Waals surface area contributed by atoms with Crippen LogP contribution in [0.15, 0.2) is 35.6 Å². The van der Waals surface area contributed by atoms with E-state index in [1.54, 1.807) is 6.07 Å². The number of nitrogens with zero attached hydrogens (tertiary/aromatic N) is 2. The highest BCUT2D eigenvalue weighted by Crippen LogP contribution is 2.31. The first kappa shape index (κ1) is 16.9. The Labute approximate surface area is 139 Å². The molecule has 0 unspecified atom stereocenters. The molecule has 6 nitrogen and oxygen atoms in total. The van der Waals surface area contributed by atoms with Gasteiger partial charge in [-0.1, -0.05) is 16.8 Å². The third-order valence-corrected chi connectivity index (χ3v) is 3.12. The zero-order chi connectivity index (χ0) is 17.2. The maximum absolute atomic E-state index is 10.2. The third kappa shape index (κ3) is 4.04. The average molecular weight is 336 g/mol. The van der Waals surface area contributed by atoms with Crippen molar-refractivity contribution in [2.45, 2.75) is 26.4 Å². The van der Waals surface area contributed by atoms with Crippen LogP contribution in [0.2, 0.25) is 5.02 Å². The molecule has 0 bridgehead atoms. The second kappa shape index (κ2) is 6.34. The van der Waals surface area contributed by atoms with E-state index < -0.39 is 5.60 Å². The molecule has 0 aliphatic rings. The van der Waals surface area contributed by atoms with E-state index in [-0.39, 0.29) is 39.2 Å². The van der Waals surface area contributed by atoms with Gasteiger partial charge in [0, 0.05) is 17.8 Å². The second-order valence-electron chi connectivity index (χ2n) is 5.91. The molecule has 0 atom stereocenters. The number of pyridine rings is 1. The topological polar surface area (TPSA) is 101 Å². The number of oxime groups is 1. The SMILES string of the molecule is CC(C)(C)O/N=C(/c1cc(Cl)c(N)cc1O)c1ncccc1O. The van der Waals surface area contributed by atoms with Gasteiger partial charge in [0.05, 0.1) is 10.7 Å². The minimum absolute atomic E-state index is 0.101. The van der Waals surface area contributed by atoms with E-state index in [0.29, 0.717) is 0 Å². The van der Waals surface area contributed by atoms with Crippen molar-refractivity contribution < 1.29 is 15.1 Å². The van der Waals surface area contributed by atoms with Gasteiger partial charge < -0.3 is 20.8 Å². The molecule has 1 heterocycles. The van der Waals surface area contributed by atoms with Gasteiger partial charge >= 0.3 is 0 Å². The first-order valence-electron chi connectivity index (χ1n) is 6.88. The van der Waals surface area contributed by atoms with Crippen LogP contribution in [-0.4, -0.2) is 26.5 Å². The van der Waals surface area contributed by atoms with Crippen LogP contribution in [0.1, 0.15) is 32.0 Å². The normalized spacial score (nSPS) is 12.3. The number of anilines is 1.